The molecular weight excluding hydrogens is 504 g/mol. The summed E-state index contributed by atoms with van der Waals surface area (Å²) in [4.78, 5) is 36.5. The van der Waals surface area contributed by atoms with Gasteiger partial charge in [-0.2, -0.15) is 0 Å². The Hall–Kier alpha value is -5.02. The highest BCUT2D eigenvalue weighted by atomic mass is 16.5. The number of hydrogen-bond donors (Lipinski definition) is 2. The Morgan fingerprint density at radius 1 is 0.900 bits per heavy atom. The SMILES string of the molecule is O=C(Cc1ccccc1)Nc1cccc(-c2cn3ccnc3c(Nc3ccc(C(=O)N4CCOCC4)cc3)n2)c1. The lowest BCUT2D eigenvalue weighted by Crippen LogP contribution is -2.40. The van der Waals surface area contributed by atoms with Gasteiger partial charge in [-0.05, 0) is 42.0 Å². The van der Waals surface area contributed by atoms with Gasteiger partial charge in [-0.3, -0.25) is 9.59 Å². The number of hydrogen-bond acceptors (Lipinski definition) is 6. The van der Waals surface area contributed by atoms with E-state index in [0.29, 0.717) is 61.1 Å². The molecule has 9 nitrogen and oxygen atoms in total. The second kappa shape index (κ2) is 11.4. The molecule has 9 heteroatoms. The fourth-order valence-electron chi connectivity index (χ4n) is 4.68. The van der Waals surface area contributed by atoms with Crippen LogP contribution in [0.2, 0.25) is 0 Å². The zero-order valence-electron chi connectivity index (χ0n) is 21.8. The molecule has 200 valence electrons. The first-order valence-corrected chi connectivity index (χ1v) is 13.1. The van der Waals surface area contributed by atoms with E-state index in [-0.39, 0.29) is 11.8 Å². The molecule has 5 aromatic rings. The summed E-state index contributed by atoms with van der Waals surface area (Å²) in [5, 5.41) is 6.34. The van der Waals surface area contributed by atoms with Gasteiger partial charge >= 0.3 is 0 Å². The lowest BCUT2D eigenvalue weighted by molar-refractivity contribution is -0.115. The van der Waals surface area contributed by atoms with E-state index >= 15 is 0 Å². The number of morpholine rings is 1. The molecule has 2 N–H and O–H groups in total. The third-order valence-corrected chi connectivity index (χ3v) is 6.72. The van der Waals surface area contributed by atoms with Crippen molar-refractivity contribution < 1.29 is 14.3 Å². The number of anilines is 3. The van der Waals surface area contributed by atoms with E-state index in [4.69, 9.17) is 9.72 Å². The number of imidazole rings is 1. The monoisotopic (exact) mass is 532 g/mol. The third-order valence-electron chi connectivity index (χ3n) is 6.72. The number of benzene rings is 3. The molecule has 0 unspecified atom stereocenters. The maximum Gasteiger partial charge on any atom is 0.254 e. The molecule has 6 rings (SSSR count). The van der Waals surface area contributed by atoms with E-state index in [2.05, 4.69) is 15.6 Å². The molecule has 0 radical (unpaired) electrons. The molecule has 2 aromatic heterocycles. The van der Waals surface area contributed by atoms with Gasteiger partial charge in [-0.25, -0.2) is 9.97 Å². The molecule has 3 aromatic carbocycles. The second-order valence-corrected chi connectivity index (χ2v) is 9.53. The fraction of sp³-hybridized carbons (Fsp3) is 0.161. The van der Waals surface area contributed by atoms with Crippen molar-refractivity contribution in [3.63, 3.8) is 0 Å². The Morgan fingerprint density at radius 2 is 1.70 bits per heavy atom. The first kappa shape index (κ1) is 25.3. The second-order valence-electron chi connectivity index (χ2n) is 9.53. The van der Waals surface area contributed by atoms with Gasteiger partial charge < -0.3 is 24.7 Å². The van der Waals surface area contributed by atoms with Crippen LogP contribution in [0.15, 0.2) is 97.5 Å². The fourth-order valence-corrected chi connectivity index (χ4v) is 4.68. The van der Waals surface area contributed by atoms with Crippen molar-refractivity contribution in [1.29, 1.82) is 0 Å². The molecule has 1 aliphatic rings. The number of fused-ring (bicyclic) bond motifs is 1. The van der Waals surface area contributed by atoms with Crippen molar-refractivity contribution in [2.24, 2.45) is 0 Å². The first-order valence-electron chi connectivity index (χ1n) is 13.1. The van der Waals surface area contributed by atoms with E-state index in [1.165, 1.54) is 0 Å². The molecular formula is C31H28N6O3. The molecule has 0 aliphatic carbocycles. The summed E-state index contributed by atoms with van der Waals surface area (Å²) in [6.45, 7) is 2.34. The van der Waals surface area contributed by atoms with Crippen molar-refractivity contribution in [1.82, 2.24) is 19.3 Å². The summed E-state index contributed by atoms with van der Waals surface area (Å²) in [5.41, 5.74) is 5.30. The standard InChI is InChI=1S/C31H28N6O3/c38-28(19-22-5-2-1-3-6-22)33-26-8-4-7-24(20-26)27-21-37-14-13-32-30(37)29(35-27)34-25-11-9-23(10-12-25)31(39)36-15-17-40-18-16-36/h1-14,20-21H,15-19H2,(H,33,38)(H,34,35). The van der Waals surface area contributed by atoms with Crippen molar-refractivity contribution in [3.8, 4) is 11.3 Å². The number of rotatable bonds is 7. The van der Waals surface area contributed by atoms with Gasteiger partial charge in [0.15, 0.2) is 11.5 Å². The van der Waals surface area contributed by atoms with Crippen LogP contribution < -0.4 is 10.6 Å². The topological polar surface area (TPSA) is 101 Å². The Kier molecular flexibility index (Phi) is 7.19. The van der Waals surface area contributed by atoms with Crippen LogP contribution in [0.3, 0.4) is 0 Å². The van der Waals surface area contributed by atoms with Crippen LogP contribution in [0.4, 0.5) is 17.2 Å². The van der Waals surface area contributed by atoms with Gasteiger partial charge in [0, 0.05) is 54.2 Å². The van der Waals surface area contributed by atoms with Crippen LogP contribution in [0.5, 0.6) is 0 Å². The van der Waals surface area contributed by atoms with Crippen LogP contribution >= 0.6 is 0 Å². The van der Waals surface area contributed by atoms with Crippen LogP contribution in [0.1, 0.15) is 15.9 Å². The maximum absolute atomic E-state index is 12.8. The molecule has 0 atom stereocenters. The van der Waals surface area contributed by atoms with Gasteiger partial charge in [0.05, 0.1) is 25.3 Å². The van der Waals surface area contributed by atoms with Crippen LogP contribution in [0.25, 0.3) is 16.9 Å². The maximum atomic E-state index is 12.8. The average Bonchev–Trinajstić information content (AvgIpc) is 3.48. The molecule has 0 spiro atoms. The molecule has 1 saturated heterocycles. The molecule has 1 fully saturated rings. The summed E-state index contributed by atoms with van der Waals surface area (Å²) in [6.07, 6.45) is 5.79. The van der Waals surface area contributed by atoms with Gasteiger partial charge in [0.25, 0.3) is 5.91 Å². The summed E-state index contributed by atoms with van der Waals surface area (Å²) < 4.78 is 7.25. The summed E-state index contributed by atoms with van der Waals surface area (Å²) in [7, 11) is 0. The molecule has 2 amide bonds. The zero-order valence-corrected chi connectivity index (χ0v) is 21.8. The predicted octanol–water partition coefficient (Wildman–Crippen LogP) is 4.79. The van der Waals surface area contributed by atoms with E-state index < -0.39 is 0 Å². The minimum atomic E-state index is -0.0840. The van der Waals surface area contributed by atoms with Crippen LogP contribution in [0, 0.1) is 0 Å². The number of carbonyl (C=O) groups excluding carboxylic acids is 2. The summed E-state index contributed by atoms with van der Waals surface area (Å²) in [5.74, 6) is 0.494. The van der Waals surface area contributed by atoms with Gasteiger partial charge in [-0.15, -0.1) is 0 Å². The largest absolute Gasteiger partial charge is 0.378 e. The molecule has 40 heavy (non-hydrogen) atoms. The van der Waals surface area contributed by atoms with Crippen molar-refractivity contribution in [2.45, 2.75) is 6.42 Å². The molecule has 1 aliphatic heterocycles. The molecule has 0 bridgehead atoms. The number of amides is 2. The number of nitrogens with zero attached hydrogens (tertiary/aromatic N) is 4. The van der Waals surface area contributed by atoms with E-state index in [1.807, 2.05) is 101 Å². The highest BCUT2D eigenvalue weighted by Crippen LogP contribution is 2.26. The Balaban J connectivity index is 1.21. The van der Waals surface area contributed by atoms with Gasteiger partial charge in [0.1, 0.15) is 0 Å². The van der Waals surface area contributed by atoms with E-state index in [9.17, 15) is 9.59 Å². The van der Waals surface area contributed by atoms with Crippen molar-refractivity contribution in [3.05, 3.63) is 109 Å². The lowest BCUT2D eigenvalue weighted by atomic mass is 10.1. The zero-order chi connectivity index (χ0) is 27.3. The number of aromatic nitrogens is 3. The van der Waals surface area contributed by atoms with Crippen molar-refractivity contribution in [2.75, 3.05) is 36.9 Å². The summed E-state index contributed by atoms with van der Waals surface area (Å²) in [6, 6.07) is 24.6. The normalized spacial score (nSPS) is 13.2. The van der Waals surface area contributed by atoms with Crippen LogP contribution in [-0.2, 0) is 16.0 Å². The Morgan fingerprint density at radius 3 is 2.50 bits per heavy atom. The summed E-state index contributed by atoms with van der Waals surface area (Å²) >= 11 is 0. The lowest BCUT2D eigenvalue weighted by Gasteiger charge is -2.26. The van der Waals surface area contributed by atoms with E-state index in [0.717, 1.165) is 16.8 Å². The average molecular weight is 533 g/mol. The highest BCUT2D eigenvalue weighted by Gasteiger charge is 2.18. The van der Waals surface area contributed by atoms with Gasteiger partial charge in [0.2, 0.25) is 5.91 Å². The predicted molar refractivity (Wildman–Crippen MR) is 154 cm³/mol. The number of nitrogens with one attached hydrogen (secondary N) is 2. The minimum absolute atomic E-state index is 0.00126. The number of carbonyl (C=O) groups is 2. The van der Waals surface area contributed by atoms with Crippen LogP contribution in [-0.4, -0.2) is 57.4 Å². The molecule has 3 heterocycles. The highest BCUT2D eigenvalue weighted by molar-refractivity contribution is 5.95. The molecule has 0 saturated carbocycles. The smallest absolute Gasteiger partial charge is 0.254 e. The van der Waals surface area contributed by atoms with E-state index in [1.54, 1.807) is 6.20 Å². The third kappa shape index (κ3) is 5.69. The van der Waals surface area contributed by atoms with Crippen molar-refractivity contribution >= 4 is 34.7 Å². The first-order chi connectivity index (χ1) is 19.6. The quantitative estimate of drug-likeness (QED) is 0.313. The van der Waals surface area contributed by atoms with Gasteiger partial charge in [-0.1, -0.05) is 42.5 Å². The Bertz CT molecular complexity index is 1640. The Labute approximate surface area is 231 Å². The minimum Gasteiger partial charge on any atom is -0.378 e. The number of ether oxygens (including phenoxy) is 1.